The highest BCUT2D eigenvalue weighted by Gasteiger charge is 2.13. The summed E-state index contributed by atoms with van der Waals surface area (Å²) < 4.78 is 0. The molecule has 2 aromatic rings. The highest BCUT2D eigenvalue weighted by molar-refractivity contribution is 6.04. The van der Waals surface area contributed by atoms with Crippen molar-refractivity contribution in [1.82, 2.24) is 14.8 Å². The van der Waals surface area contributed by atoms with E-state index < -0.39 is 5.91 Å². The maximum absolute atomic E-state index is 12.4. The van der Waals surface area contributed by atoms with Crippen LogP contribution in [0.25, 0.3) is 0 Å². The van der Waals surface area contributed by atoms with Gasteiger partial charge in [0.25, 0.3) is 11.8 Å². The van der Waals surface area contributed by atoms with Crippen LogP contribution in [0.5, 0.6) is 0 Å². The summed E-state index contributed by atoms with van der Waals surface area (Å²) in [6, 6.07) is 10.9. The summed E-state index contributed by atoms with van der Waals surface area (Å²) in [6.45, 7) is 5.43. The molecule has 1 aliphatic heterocycles. The van der Waals surface area contributed by atoms with Gasteiger partial charge >= 0.3 is 0 Å². The van der Waals surface area contributed by atoms with Crippen LogP contribution in [0.15, 0.2) is 42.6 Å². The summed E-state index contributed by atoms with van der Waals surface area (Å²) in [4.78, 5) is 32.1. The minimum absolute atomic E-state index is 0.137. The molecule has 0 saturated carbocycles. The van der Waals surface area contributed by atoms with E-state index in [1.807, 2.05) is 18.2 Å². The number of carbonyl (C=O) groups excluding carboxylic acids is 2. The molecule has 142 valence electrons. The van der Waals surface area contributed by atoms with Crippen molar-refractivity contribution in [1.29, 1.82) is 0 Å². The van der Waals surface area contributed by atoms with Gasteiger partial charge in [-0.25, -0.2) is 0 Å². The third kappa shape index (κ3) is 5.35. The molecule has 0 bridgehead atoms. The van der Waals surface area contributed by atoms with Crippen molar-refractivity contribution in [2.24, 2.45) is 5.73 Å². The molecule has 0 spiro atoms. The molecule has 1 aliphatic rings. The van der Waals surface area contributed by atoms with Crippen LogP contribution >= 0.6 is 0 Å². The highest BCUT2D eigenvalue weighted by Crippen LogP contribution is 2.14. The fourth-order valence-corrected chi connectivity index (χ4v) is 3.04. The van der Waals surface area contributed by atoms with Gasteiger partial charge in [-0.05, 0) is 43.3 Å². The van der Waals surface area contributed by atoms with E-state index >= 15 is 0 Å². The predicted molar refractivity (Wildman–Crippen MR) is 105 cm³/mol. The molecule has 0 aliphatic carbocycles. The molecule has 3 rings (SSSR count). The number of amides is 2. The average Bonchev–Trinajstić information content (AvgIpc) is 2.68. The summed E-state index contributed by atoms with van der Waals surface area (Å²) in [7, 11) is 2.15. The predicted octanol–water partition coefficient (Wildman–Crippen LogP) is 1.22. The van der Waals surface area contributed by atoms with Gasteiger partial charge in [0.15, 0.2) is 0 Å². The number of likely N-dealkylation sites (N-methyl/N-ethyl adjacent to an activating group) is 1. The molecule has 1 saturated heterocycles. The largest absolute Gasteiger partial charge is 0.364 e. The van der Waals surface area contributed by atoms with Gasteiger partial charge in [-0.1, -0.05) is 12.1 Å². The molecule has 7 nitrogen and oxygen atoms in total. The monoisotopic (exact) mass is 367 g/mol. The molecule has 1 aromatic heterocycles. The molecule has 2 heterocycles. The minimum Gasteiger partial charge on any atom is -0.364 e. The molecule has 0 radical (unpaired) electrons. The lowest BCUT2D eigenvalue weighted by Gasteiger charge is -2.32. The third-order valence-corrected chi connectivity index (χ3v) is 4.78. The first kappa shape index (κ1) is 19.0. The van der Waals surface area contributed by atoms with Gasteiger partial charge in [0.05, 0.1) is 5.56 Å². The molecule has 0 unspecified atom stereocenters. The van der Waals surface area contributed by atoms with E-state index in [4.69, 9.17) is 5.73 Å². The van der Waals surface area contributed by atoms with E-state index in [1.165, 1.54) is 17.8 Å². The van der Waals surface area contributed by atoms with E-state index in [0.717, 1.165) is 44.8 Å². The number of benzene rings is 1. The second kappa shape index (κ2) is 8.75. The number of carbonyl (C=O) groups is 2. The normalized spacial score (nSPS) is 15.4. The quantitative estimate of drug-likeness (QED) is 0.801. The molecule has 2 amide bonds. The number of anilines is 1. The number of rotatable bonds is 6. The number of nitrogens with two attached hydrogens (primary N) is 1. The maximum Gasteiger partial charge on any atom is 0.267 e. The van der Waals surface area contributed by atoms with Crippen LogP contribution in [-0.2, 0) is 6.42 Å². The van der Waals surface area contributed by atoms with E-state index in [9.17, 15) is 9.59 Å². The number of pyridine rings is 1. The highest BCUT2D eigenvalue weighted by atomic mass is 16.2. The first-order valence-corrected chi connectivity index (χ1v) is 9.08. The van der Waals surface area contributed by atoms with E-state index in [0.29, 0.717) is 5.56 Å². The van der Waals surface area contributed by atoms with Crippen LogP contribution in [0, 0.1) is 0 Å². The van der Waals surface area contributed by atoms with Crippen molar-refractivity contribution in [3.05, 3.63) is 59.4 Å². The molecule has 27 heavy (non-hydrogen) atoms. The Hall–Kier alpha value is -2.77. The van der Waals surface area contributed by atoms with Gasteiger partial charge in [-0.3, -0.25) is 14.6 Å². The smallest absolute Gasteiger partial charge is 0.267 e. The molecule has 1 fully saturated rings. The second-order valence-corrected chi connectivity index (χ2v) is 6.85. The van der Waals surface area contributed by atoms with Crippen LogP contribution < -0.4 is 11.1 Å². The fourth-order valence-electron chi connectivity index (χ4n) is 3.04. The van der Waals surface area contributed by atoms with Crippen molar-refractivity contribution in [3.63, 3.8) is 0 Å². The SMILES string of the molecule is CN1CCN(CCc2cccc(NC(=O)c3ccc(C(N)=O)nc3)c2)CC1. The lowest BCUT2D eigenvalue weighted by Crippen LogP contribution is -2.45. The van der Waals surface area contributed by atoms with Crippen LogP contribution in [0.3, 0.4) is 0 Å². The summed E-state index contributed by atoms with van der Waals surface area (Å²) in [5.74, 6) is -0.884. The molecule has 7 heteroatoms. The van der Waals surface area contributed by atoms with Crippen molar-refractivity contribution < 1.29 is 9.59 Å². The Morgan fingerprint density at radius 2 is 1.93 bits per heavy atom. The lowest BCUT2D eigenvalue weighted by atomic mass is 10.1. The Kier molecular flexibility index (Phi) is 6.16. The van der Waals surface area contributed by atoms with Gasteiger partial charge in [0.1, 0.15) is 5.69 Å². The molecule has 1 aromatic carbocycles. The zero-order valence-corrected chi connectivity index (χ0v) is 15.5. The molecule has 0 atom stereocenters. The summed E-state index contributed by atoms with van der Waals surface area (Å²) in [5, 5.41) is 2.88. The van der Waals surface area contributed by atoms with Gasteiger partial charge in [0.2, 0.25) is 0 Å². The Bertz CT molecular complexity index is 798. The number of hydrogen-bond donors (Lipinski definition) is 2. The third-order valence-electron chi connectivity index (χ3n) is 4.78. The van der Waals surface area contributed by atoms with Gasteiger partial charge < -0.3 is 20.9 Å². The molecular formula is C20H25N5O2. The number of hydrogen-bond acceptors (Lipinski definition) is 5. The topological polar surface area (TPSA) is 91.6 Å². The van der Waals surface area contributed by atoms with E-state index in [1.54, 1.807) is 6.07 Å². The van der Waals surface area contributed by atoms with Crippen LogP contribution in [0.2, 0.25) is 0 Å². The number of aromatic nitrogens is 1. The Balaban J connectivity index is 1.56. The average molecular weight is 367 g/mol. The standard InChI is InChI=1S/C20H25N5O2/c1-24-9-11-25(12-10-24)8-7-15-3-2-4-17(13-15)23-20(27)16-5-6-18(19(21)26)22-14-16/h2-6,13-14H,7-12H2,1H3,(H2,21,26)(H,23,27). The number of nitrogens with zero attached hydrogens (tertiary/aromatic N) is 3. The number of primary amides is 1. The van der Waals surface area contributed by atoms with Crippen LogP contribution in [0.1, 0.15) is 26.4 Å². The van der Waals surface area contributed by atoms with Crippen molar-refractivity contribution in [2.45, 2.75) is 6.42 Å². The zero-order chi connectivity index (χ0) is 19.2. The zero-order valence-electron chi connectivity index (χ0n) is 15.5. The Morgan fingerprint density at radius 3 is 2.59 bits per heavy atom. The van der Waals surface area contributed by atoms with Crippen molar-refractivity contribution >= 4 is 17.5 Å². The number of nitrogens with one attached hydrogen (secondary N) is 1. The van der Waals surface area contributed by atoms with Crippen molar-refractivity contribution in [2.75, 3.05) is 45.1 Å². The second-order valence-electron chi connectivity index (χ2n) is 6.85. The first-order valence-electron chi connectivity index (χ1n) is 9.08. The Morgan fingerprint density at radius 1 is 1.15 bits per heavy atom. The first-order chi connectivity index (χ1) is 13.0. The number of piperazine rings is 1. The van der Waals surface area contributed by atoms with Crippen molar-refractivity contribution in [3.8, 4) is 0 Å². The molecule has 3 N–H and O–H groups in total. The molecular weight excluding hydrogens is 342 g/mol. The van der Waals surface area contributed by atoms with Crippen LogP contribution in [0.4, 0.5) is 5.69 Å². The summed E-state index contributed by atoms with van der Waals surface area (Å²) >= 11 is 0. The van der Waals surface area contributed by atoms with E-state index in [-0.39, 0.29) is 11.6 Å². The minimum atomic E-state index is -0.616. The Labute approximate surface area is 159 Å². The van der Waals surface area contributed by atoms with Gasteiger partial charge in [-0.2, -0.15) is 0 Å². The van der Waals surface area contributed by atoms with Crippen LogP contribution in [-0.4, -0.2) is 66.4 Å². The fraction of sp³-hybridized carbons (Fsp3) is 0.350. The lowest BCUT2D eigenvalue weighted by molar-refractivity contribution is 0.0990. The van der Waals surface area contributed by atoms with Gasteiger partial charge in [0, 0.05) is 44.6 Å². The van der Waals surface area contributed by atoms with Gasteiger partial charge in [-0.15, -0.1) is 0 Å². The van der Waals surface area contributed by atoms with E-state index in [2.05, 4.69) is 33.2 Å². The summed E-state index contributed by atoms with van der Waals surface area (Å²) in [6.07, 6.45) is 2.30. The summed E-state index contributed by atoms with van der Waals surface area (Å²) in [5.41, 5.74) is 7.61. The maximum atomic E-state index is 12.4.